The number of nitrogens with zero attached hydrogens (tertiary/aromatic N) is 2. The molecule has 0 saturated heterocycles. The minimum atomic E-state index is -3.36. The van der Waals surface area contributed by atoms with Crippen molar-refractivity contribution in [3.05, 3.63) is 48.0 Å². The van der Waals surface area contributed by atoms with Gasteiger partial charge in [-0.15, -0.1) is 0 Å². The Morgan fingerprint density at radius 1 is 1.30 bits per heavy atom. The molecule has 108 valence electrons. The van der Waals surface area contributed by atoms with Gasteiger partial charge in [-0.2, -0.15) is 0 Å². The van der Waals surface area contributed by atoms with Crippen LogP contribution in [0.3, 0.4) is 0 Å². The molecule has 0 spiro atoms. The van der Waals surface area contributed by atoms with Crippen molar-refractivity contribution in [3.63, 3.8) is 0 Å². The van der Waals surface area contributed by atoms with Gasteiger partial charge in [-0.05, 0) is 17.7 Å². The monoisotopic (exact) mass is 295 g/mol. The summed E-state index contributed by atoms with van der Waals surface area (Å²) in [5, 5.41) is 0. The number of sulfonamides is 1. The summed E-state index contributed by atoms with van der Waals surface area (Å²) in [7, 11) is 0.0410. The van der Waals surface area contributed by atoms with E-state index in [1.807, 2.05) is 19.2 Å². The normalized spacial score (nSPS) is 13.2. The summed E-state index contributed by atoms with van der Waals surface area (Å²) in [5.41, 5.74) is 0.797. The van der Waals surface area contributed by atoms with Crippen LogP contribution in [0.5, 0.6) is 5.75 Å². The van der Waals surface area contributed by atoms with Crippen molar-refractivity contribution in [1.29, 1.82) is 0 Å². The predicted octanol–water partition coefficient (Wildman–Crippen LogP) is 1.07. The third kappa shape index (κ3) is 3.37. The van der Waals surface area contributed by atoms with Crippen molar-refractivity contribution in [2.75, 3.05) is 13.4 Å². The number of methoxy groups -OCH3 is 1. The molecule has 2 aromatic rings. The van der Waals surface area contributed by atoms with E-state index in [1.165, 1.54) is 0 Å². The second kappa shape index (κ2) is 5.64. The average Bonchev–Trinajstić information content (AvgIpc) is 2.81. The third-order valence-corrected chi connectivity index (χ3v) is 3.56. The van der Waals surface area contributed by atoms with Crippen LogP contribution in [0.15, 0.2) is 36.7 Å². The molecule has 7 heteroatoms. The molecule has 0 fully saturated rings. The summed E-state index contributed by atoms with van der Waals surface area (Å²) in [6.45, 7) is 0. The zero-order valence-electron chi connectivity index (χ0n) is 11.6. The Morgan fingerprint density at radius 2 is 1.95 bits per heavy atom. The molecule has 20 heavy (non-hydrogen) atoms. The highest BCUT2D eigenvalue weighted by molar-refractivity contribution is 7.88. The van der Waals surface area contributed by atoms with Crippen LogP contribution in [0.1, 0.15) is 17.4 Å². The fourth-order valence-electron chi connectivity index (χ4n) is 1.94. The van der Waals surface area contributed by atoms with Gasteiger partial charge in [0.15, 0.2) is 0 Å². The van der Waals surface area contributed by atoms with Crippen LogP contribution < -0.4 is 9.46 Å². The summed E-state index contributed by atoms with van der Waals surface area (Å²) in [4.78, 5) is 4.22. The Balaban J connectivity index is 2.43. The summed E-state index contributed by atoms with van der Waals surface area (Å²) in [5.74, 6) is 1.34. The van der Waals surface area contributed by atoms with Gasteiger partial charge in [0, 0.05) is 19.4 Å². The van der Waals surface area contributed by atoms with Gasteiger partial charge >= 0.3 is 0 Å². The highest BCUT2D eigenvalue weighted by Gasteiger charge is 2.21. The Hall–Kier alpha value is -1.86. The summed E-state index contributed by atoms with van der Waals surface area (Å²) < 4.78 is 32.6. The smallest absolute Gasteiger partial charge is 0.209 e. The SMILES string of the molecule is COc1ccc(C(NS(C)(=O)=O)c2nccn2C)cc1. The molecule has 0 aliphatic heterocycles. The van der Waals surface area contributed by atoms with Crippen LogP contribution in [0.25, 0.3) is 0 Å². The van der Waals surface area contributed by atoms with E-state index in [9.17, 15) is 8.42 Å². The zero-order valence-corrected chi connectivity index (χ0v) is 12.4. The molecule has 1 heterocycles. The van der Waals surface area contributed by atoms with Gasteiger partial charge in [0.05, 0.1) is 13.4 Å². The van der Waals surface area contributed by atoms with E-state index in [0.717, 1.165) is 11.8 Å². The van der Waals surface area contributed by atoms with Gasteiger partial charge in [-0.25, -0.2) is 18.1 Å². The van der Waals surface area contributed by atoms with Crippen LogP contribution in [0, 0.1) is 0 Å². The minimum Gasteiger partial charge on any atom is -0.497 e. The molecule has 2 rings (SSSR count). The molecule has 1 atom stereocenters. The first-order chi connectivity index (χ1) is 9.40. The molecule has 1 N–H and O–H groups in total. The molecule has 1 aromatic heterocycles. The van der Waals surface area contributed by atoms with E-state index in [-0.39, 0.29) is 0 Å². The number of hydrogen-bond donors (Lipinski definition) is 1. The quantitative estimate of drug-likeness (QED) is 0.895. The molecule has 0 radical (unpaired) electrons. The molecule has 1 aromatic carbocycles. The molecule has 6 nitrogen and oxygen atoms in total. The number of imidazole rings is 1. The highest BCUT2D eigenvalue weighted by Crippen LogP contribution is 2.23. The maximum Gasteiger partial charge on any atom is 0.209 e. The van der Waals surface area contributed by atoms with Gasteiger partial charge in [-0.3, -0.25) is 0 Å². The zero-order chi connectivity index (χ0) is 14.8. The lowest BCUT2D eigenvalue weighted by atomic mass is 10.1. The molecule has 0 saturated carbocycles. The van der Waals surface area contributed by atoms with Crippen molar-refractivity contribution < 1.29 is 13.2 Å². The van der Waals surface area contributed by atoms with Gasteiger partial charge in [0.1, 0.15) is 17.6 Å². The fraction of sp³-hybridized carbons (Fsp3) is 0.308. The van der Waals surface area contributed by atoms with E-state index in [1.54, 1.807) is 36.2 Å². The lowest BCUT2D eigenvalue weighted by molar-refractivity contribution is 0.414. The van der Waals surface area contributed by atoms with E-state index >= 15 is 0 Å². The fourth-order valence-corrected chi connectivity index (χ4v) is 2.61. The number of aryl methyl sites for hydroxylation is 1. The van der Waals surface area contributed by atoms with Gasteiger partial charge in [0.25, 0.3) is 0 Å². The predicted molar refractivity (Wildman–Crippen MR) is 76.0 cm³/mol. The molecule has 0 amide bonds. The molecular formula is C13H17N3O3S. The average molecular weight is 295 g/mol. The van der Waals surface area contributed by atoms with Crippen molar-refractivity contribution in [2.45, 2.75) is 6.04 Å². The Morgan fingerprint density at radius 3 is 2.40 bits per heavy atom. The van der Waals surface area contributed by atoms with Gasteiger partial charge in [0.2, 0.25) is 10.0 Å². The molecule has 1 unspecified atom stereocenters. The Kier molecular flexibility index (Phi) is 4.10. The van der Waals surface area contributed by atoms with Crippen LogP contribution in [0.2, 0.25) is 0 Å². The van der Waals surface area contributed by atoms with Crippen LogP contribution >= 0.6 is 0 Å². The number of hydrogen-bond acceptors (Lipinski definition) is 4. The summed E-state index contributed by atoms with van der Waals surface area (Å²) in [6, 6.07) is 6.67. The van der Waals surface area contributed by atoms with Crippen molar-refractivity contribution >= 4 is 10.0 Å². The van der Waals surface area contributed by atoms with E-state index < -0.39 is 16.1 Å². The molecular weight excluding hydrogens is 278 g/mol. The minimum absolute atomic E-state index is 0.532. The molecule has 0 aliphatic carbocycles. The van der Waals surface area contributed by atoms with Crippen LogP contribution in [-0.4, -0.2) is 31.3 Å². The number of nitrogens with one attached hydrogen (secondary N) is 1. The number of aromatic nitrogens is 2. The largest absolute Gasteiger partial charge is 0.497 e. The number of ether oxygens (including phenoxy) is 1. The lowest BCUT2D eigenvalue weighted by Gasteiger charge is -2.18. The maximum absolute atomic E-state index is 11.6. The lowest BCUT2D eigenvalue weighted by Crippen LogP contribution is -2.30. The standard InChI is InChI=1S/C13H17N3O3S/c1-16-9-8-14-13(16)12(15-20(3,17)18)10-4-6-11(19-2)7-5-10/h4-9,12,15H,1-3H3. The van der Waals surface area contributed by atoms with Crippen molar-refractivity contribution in [3.8, 4) is 5.75 Å². The molecule has 0 aliphatic rings. The number of rotatable bonds is 5. The first-order valence-electron chi connectivity index (χ1n) is 5.99. The topological polar surface area (TPSA) is 73.2 Å². The van der Waals surface area contributed by atoms with E-state index in [0.29, 0.717) is 11.6 Å². The van der Waals surface area contributed by atoms with Crippen molar-refractivity contribution in [1.82, 2.24) is 14.3 Å². The summed E-state index contributed by atoms with van der Waals surface area (Å²) in [6.07, 6.45) is 4.54. The van der Waals surface area contributed by atoms with Crippen LogP contribution in [0.4, 0.5) is 0 Å². The first-order valence-corrected chi connectivity index (χ1v) is 7.88. The Bertz CT molecular complexity index is 677. The molecule has 0 bridgehead atoms. The van der Waals surface area contributed by atoms with E-state index in [2.05, 4.69) is 9.71 Å². The van der Waals surface area contributed by atoms with Gasteiger partial charge < -0.3 is 9.30 Å². The number of benzene rings is 1. The second-order valence-electron chi connectivity index (χ2n) is 4.49. The Labute approximate surface area is 118 Å². The first kappa shape index (κ1) is 14.5. The van der Waals surface area contributed by atoms with Gasteiger partial charge in [-0.1, -0.05) is 12.1 Å². The van der Waals surface area contributed by atoms with Crippen LogP contribution in [-0.2, 0) is 17.1 Å². The van der Waals surface area contributed by atoms with E-state index in [4.69, 9.17) is 4.74 Å². The maximum atomic E-state index is 11.6. The third-order valence-electron chi connectivity index (χ3n) is 2.90. The highest BCUT2D eigenvalue weighted by atomic mass is 32.2. The second-order valence-corrected chi connectivity index (χ2v) is 6.27. The van der Waals surface area contributed by atoms with Crippen molar-refractivity contribution in [2.24, 2.45) is 7.05 Å². The summed E-state index contributed by atoms with van der Waals surface area (Å²) >= 11 is 0.